The lowest BCUT2D eigenvalue weighted by molar-refractivity contribution is 0.135. The van der Waals surface area contributed by atoms with Crippen molar-refractivity contribution in [2.75, 3.05) is 20.2 Å². The van der Waals surface area contributed by atoms with E-state index in [1.54, 1.807) is 7.11 Å². The van der Waals surface area contributed by atoms with E-state index in [4.69, 9.17) is 9.72 Å². The number of fused-ring (bicyclic) bond motifs is 1. The van der Waals surface area contributed by atoms with Crippen LogP contribution < -0.4 is 4.74 Å². The Balaban J connectivity index is 1.85. The number of H-pyrrole nitrogens is 1. The average molecular weight is 273 g/mol. The monoisotopic (exact) mass is 273 g/mol. The summed E-state index contributed by atoms with van der Waals surface area (Å²) in [6, 6.07) is 6.33. The van der Waals surface area contributed by atoms with Crippen molar-refractivity contribution in [3.05, 3.63) is 24.0 Å². The first-order chi connectivity index (χ1) is 9.67. The SMILES string of the molecule is COc1ccc2nc(C(C)N3CCCC(C)C3)[nH]c2c1. The molecule has 1 fully saturated rings. The number of ether oxygens (including phenoxy) is 1. The van der Waals surface area contributed by atoms with Crippen LogP contribution in [0.5, 0.6) is 5.75 Å². The van der Waals surface area contributed by atoms with E-state index in [9.17, 15) is 0 Å². The first-order valence-electron chi connectivity index (χ1n) is 7.45. The number of methoxy groups -OCH3 is 1. The van der Waals surface area contributed by atoms with Crippen LogP contribution in [0.2, 0.25) is 0 Å². The van der Waals surface area contributed by atoms with Crippen molar-refractivity contribution >= 4 is 11.0 Å². The highest BCUT2D eigenvalue weighted by molar-refractivity contribution is 5.76. The van der Waals surface area contributed by atoms with Gasteiger partial charge in [-0.2, -0.15) is 0 Å². The Labute approximate surface area is 120 Å². The van der Waals surface area contributed by atoms with Gasteiger partial charge in [0.15, 0.2) is 0 Å². The number of imidazole rings is 1. The maximum atomic E-state index is 5.26. The maximum absolute atomic E-state index is 5.26. The average Bonchev–Trinajstić information content (AvgIpc) is 2.89. The highest BCUT2D eigenvalue weighted by Gasteiger charge is 2.23. The summed E-state index contributed by atoms with van der Waals surface area (Å²) < 4.78 is 5.26. The minimum absolute atomic E-state index is 0.344. The highest BCUT2D eigenvalue weighted by atomic mass is 16.5. The molecule has 0 bridgehead atoms. The van der Waals surface area contributed by atoms with E-state index in [-0.39, 0.29) is 0 Å². The number of likely N-dealkylation sites (tertiary alicyclic amines) is 1. The van der Waals surface area contributed by atoms with E-state index >= 15 is 0 Å². The molecule has 1 N–H and O–H groups in total. The number of aromatic amines is 1. The highest BCUT2D eigenvalue weighted by Crippen LogP contribution is 2.27. The summed E-state index contributed by atoms with van der Waals surface area (Å²) >= 11 is 0. The molecule has 1 aliphatic rings. The summed E-state index contributed by atoms with van der Waals surface area (Å²) in [5, 5.41) is 0. The van der Waals surface area contributed by atoms with E-state index in [0.717, 1.165) is 28.5 Å². The Morgan fingerprint density at radius 3 is 3.05 bits per heavy atom. The standard InChI is InChI=1S/C16H23N3O/c1-11-5-4-8-19(10-11)12(2)16-17-14-7-6-13(20-3)9-15(14)18-16/h6-7,9,11-12H,4-5,8,10H2,1-3H3,(H,17,18). The number of nitrogens with zero attached hydrogens (tertiary/aromatic N) is 2. The Bertz CT molecular complexity index is 592. The molecule has 0 spiro atoms. The lowest BCUT2D eigenvalue weighted by atomic mass is 9.99. The Kier molecular flexibility index (Phi) is 3.66. The second-order valence-electron chi connectivity index (χ2n) is 5.92. The smallest absolute Gasteiger partial charge is 0.124 e. The van der Waals surface area contributed by atoms with Crippen LogP contribution in [0.25, 0.3) is 11.0 Å². The van der Waals surface area contributed by atoms with Crippen molar-refractivity contribution in [3.8, 4) is 5.75 Å². The van der Waals surface area contributed by atoms with E-state index < -0.39 is 0 Å². The summed E-state index contributed by atoms with van der Waals surface area (Å²) in [6.07, 6.45) is 2.64. The first kappa shape index (κ1) is 13.4. The third-order valence-corrected chi connectivity index (χ3v) is 4.34. The van der Waals surface area contributed by atoms with Crippen LogP contribution in [0.4, 0.5) is 0 Å². The molecule has 2 aromatic rings. The Hall–Kier alpha value is -1.55. The number of piperidine rings is 1. The number of hydrogen-bond donors (Lipinski definition) is 1. The number of benzene rings is 1. The van der Waals surface area contributed by atoms with Crippen LogP contribution in [-0.4, -0.2) is 35.1 Å². The zero-order valence-electron chi connectivity index (χ0n) is 12.5. The molecule has 0 saturated carbocycles. The van der Waals surface area contributed by atoms with Crippen molar-refractivity contribution < 1.29 is 4.74 Å². The molecule has 20 heavy (non-hydrogen) atoms. The van der Waals surface area contributed by atoms with E-state index in [0.29, 0.717) is 6.04 Å². The lowest BCUT2D eigenvalue weighted by Crippen LogP contribution is -2.36. The van der Waals surface area contributed by atoms with E-state index in [1.807, 2.05) is 18.2 Å². The molecule has 2 atom stereocenters. The zero-order valence-corrected chi connectivity index (χ0v) is 12.5. The Morgan fingerprint density at radius 2 is 2.30 bits per heavy atom. The minimum atomic E-state index is 0.344. The Morgan fingerprint density at radius 1 is 1.45 bits per heavy atom. The molecular formula is C16H23N3O. The predicted octanol–water partition coefficient (Wildman–Crippen LogP) is 3.36. The van der Waals surface area contributed by atoms with E-state index in [1.165, 1.54) is 25.9 Å². The second-order valence-corrected chi connectivity index (χ2v) is 5.92. The largest absolute Gasteiger partial charge is 0.497 e. The molecule has 0 amide bonds. The fourth-order valence-corrected chi connectivity index (χ4v) is 3.08. The lowest BCUT2D eigenvalue weighted by Gasteiger charge is -2.34. The topological polar surface area (TPSA) is 41.1 Å². The molecule has 0 aliphatic carbocycles. The number of hydrogen-bond acceptors (Lipinski definition) is 3. The molecule has 0 radical (unpaired) electrons. The summed E-state index contributed by atoms with van der Waals surface area (Å²) in [4.78, 5) is 10.7. The summed E-state index contributed by atoms with van der Waals surface area (Å²) in [5.74, 6) is 2.71. The molecule has 108 valence electrons. The maximum Gasteiger partial charge on any atom is 0.124 e. The van der Waals surface area contributed by atoms with Gasteiger partial charge < -0.3 is 9.72 Å². The minimum Gasteiger partial charge on any atom is -0.497 e. The van der Waals surface area contributed by atoms with Gasteiger partial charge in [0.05, 0.1) is 24.2 Å². The molecule has 1 aromatic heterocycles. The van der Waals surface area contributed by atoms with Crippen molar-refractivity contribution in [3.63, 3.8) is 0 Å². The fraction of sp³-hybridized carbons (Fsp3) is 0.562. The van der Waals surface area contributed by atoms with Crippen LogP contribution in [0.3, 0.4) is 0 Å². The van der Waals surface area contributed by atoms with Gasteiger partial charge in [0.25, 0.3) is 0 Å². The van der Waals surface area contributed by atoms with Crippen LogP contribution in [0.15, 0.2) is 18.2 Å². The molecule has 2 unspecified atom stereocenters. The molecule has 1 aromatic carbocycles. The van der Waals surface area contributed by atoms with Crippen molar-refractivity contribution in [1.82, 2.24) is 14.9 Å². The molecule has 2 heterocycles. The molecule has 1 saturated heterocycles. The quantitative estimate of drug-likeness (QED) is 0.932. The molecular weight excluding hydrogens is 250 g/mol. The third-order valence-electron chi connectivity index (χ3n) is 4.34. The number of rotatable bonds is 3. The molecule has 1 aliphatic heterocycles. The van der Waals surface area contributed by atoms with Gasteiger partial charge in [-0.3, -0.25) is 4.90 Å². The zero-order chi connectivity index (χ0) is 14.1. The molecule has 3 rings (SSSR count). The van der Waals surface area contributed by atoms with Gasteiger partial charge in [0.1, 0.15) is 11.6 Å². The fourth-order valence-electron chi connectivity index (χ4n) is 3.08. The van der Waals surface area contributed by atoms with Crippen LogP contribution in [-0.2, 0) is 0 Å². The van der Waals surface area contributed by atoms with Gasteiger partial charge in [-0.1, -0.05) is 6.92 Å². The van der Waals surface area contributed by atoms with Gasteiger partial charge in [-0.15, -0.1) is 0 Å². The van der Waals surface area contributed by atoms with Crippen molar-refractivity contribution in [2.24, 2.45) is 5.92 Å². The van der Waals surface area contributed by atoms with Crippen LogP contribution >= 0.6 is 0 Å². The van der Waals surface area contributed by atoms with Gasteiger partial charge in [0.2, 0.25) is 0 Å². The van der Waals surface area contributed by atoms with Gasteiger partial charge in [-0.05, 0) is 44.4 Å². The van der Waals surface area contributed by atoms with Gasteiger partial charge in [0, 0.05) is 12.6 Å². The van der Waals surface area contributed by atoms with Gasteiger partial charge in [-0.25, -0.2) is 4.98 Å². The summed E-state index contributed by atoms with van der Waals surface area (Å²) in [6.45, 7) is 6.92. The summed E-state index contributed by atoms with van der Waals surface area (Å²) in [5.41, 5.74) is 2.06. The molecule has 4 heteroatoms. The third kappa shape index (κ3) is 2.52. The number of nitrogens with one attached hydrogen (secondary N) is 1. The van der Waals surface area contributed by atoms with Crippen LogP contribution in [0.1, 0.15) is 38.6 Å². The normalized spacial score (nSPS) is 22.1. The first-order valence-corrected chi connectivity index (χ1v) is 7.45. The van der Waals surface area contributed by atoms with Crippen LogP contribution in [0, 0.1) is 5.92 Å². The molecule has 4 nitrogen and oxygen atoms in total. The van der Waals surface area contributed by atoms with Gasteiger partial charge >= 0.3 is 0 Å². The second kappa shape index (κ2) is 5.44. The number of aromatic nitrogens is 2. The van der Waals surface area contributed by atoms with E-state index in [2.05, 4.69) is 23.7 Å². The predicted molar refractivity (Wildman–Crippen MR) is 81.0 cm³/mol. The van der Waals surface area contributed by atoms with Crippen molar-refractivity contribution in [2.45, 2.75) is 32.7 Å². The summed E-state index contributed by atoms with van der Waals surface area (Å²) in [7, 11) is 1.69. The van der Waals surface area contributed by atoms with Crippen molar-refractivity contribution in [1.29, 1.82) is 0 Å².